The Kier molecular flexibility index (Phi) is 6.96. The van der Waals surface area contributed by atoms with E-state index in [9.17, 15) is 9.90 Å². The minimum absolute atomic E-state index is 0.177. The van der Waals surface area contributed by atoms with Gasteiger partial charge in [-0.1, -0.05) is 30.3 Å². The number of morpholine rings is 1. The molecule has 30 heavy (non-hydrogen) atoms. The number of hydrogen-bond donors (Lipinski definition) is 3. The van der Waals surface area contributed by atoms with E-state index in [4.69, 9.17) is 4.74 Å². The molecule has 2 aromatic carbocycles. The van der Waals surface area contributed by atoms with E-state index >= 15 is 0 Å². The summed E-state index contributed by atoms with van der Waals surface area (Å²) >= 11 is 0. The number of amides is 1. The highest BCUT2D eigenvalue weighted by Gasteiger charge is 2.19. The fourth-order valence-corrected chi connectivity index (χ4v) is 3.97. The number of aliphatic hydroxyl groups is 1. The summed E-state index contributed by atoms with van der Waals surface area (Å²) in [5.41, 5.74) is 7.48. The Morgan fingerprint density at radius 1 is 1.07 bits per heavy atom. The normalized spacial score (nSPS) is 18.4. The van der Waals surface area contributed by atoms with Crippen molar-refractivity contribution in [2.45, 2.75) is 19.1 Å². The average molecular weight is 411 g/mol. The van der Waals surface area contributed by atoms with Crippen molar-refractivity contribution >= 4 is 11.6 Å². The standard InChI is InChI=1S/C23H30N4O3/c28-22(17-26-9-8-18-4-1-2-5-20(18)16-26)15-24-23(29)19-6-3-7-21(14-19)25-27-10-12-30-13-11-27/h1-7,14,22,25,28H,8-13,15-17H2,(H,24,29). The maximum atomic E-state index is 12.6. The van der Waals surface area contributed by atoms with Crippen LogP contribution in [-0.2, 0) is 17.7 Å². The van der Waals surface area contributed by atoms with Crippen molar-refractivity contribution in [1.29, 1.82) is 0 Å². The van der Waals surface area contributed by atoms with Gasteiger partial charge in [-0.05, 0) is 35.7 Å². The number of carbonyl (C=O) groups is 1. The molecule has 0 aromatic heterocycles. The average Bonchev–Trinajstić information content (AvgIpc) is 2.78. The topological polar surface area (TPSA) is 77.1 Å². The van der Waals surface area contributed by atoms with Crippen LogP contribution in [0.3, 0.4) is 0 Å². The lowest BCUT2D eigenvalue weighted by Gasteiger charge is -2.30. The van der Waals surface area contributed by atoms with Gasteiger partial charge in [0.15, 0.2) is 0 Å². The summed E-state index contributed by atoms with van der Waals surface area (Å²) in [5, 5.41) is 15.4. The molecule has 2 heterocycles. The first-order chi connectivity index (χ1) is 14.7. The quantitative estimate of drug-likeness (QED) is 0.642. The van der Waals surface area contributed by atoms with E-state index in [1.807, 2.05) is 18.2 Å². The third-order valence-corrected chi connectivity index (χ3v) is 5.60. The second kappa shape index (κ2) is 10.0. The Morgan fingerprint density at radius 2 is 1.87 bits per heavy atom. The molecule has 2 aromatic rings. The predicted octanol–water partition coefficient (Wildman–Crippen LogP) is 1.49. The number of aliphatic hydroxyl groups excluding tert-OH is 1. The zero-order chi connectivity index (χ0) is 20.8. The Hall–Kier alpha value is -2.45. The number of rotatable bonds is 7. The van der Waals surface area contributed by atoms with Gasteiger partial charge in [-0.15, -0.1) is 0 Å². The number of ether oxygens (including phenoxy) is 1. The van der Waals surface area contributed by atoms with Crippen LogP contribution in [0.2, 0.25) is 0 Å². The van der Waals surface area contributed by atoms with Crippen LogP contribution in [0.4, 0.5) is 5.69 Å². The van der Waals surface area contributed by atoms with E-state index in [1.165, 1.54) is 11.1 Å². The van der Waals surface area contributed by atoms with Crippen molar-refractivity contribution in [2.75, 3.05) is 51.4 Å². The Balaban J connectivity index is 1.24. The van der Waals surface area contributed by atoms with Crippen LogP contribution >= 0.6 is 0 Å². The molecule has 7 nitrogen and oxygen atoms in total. The zero-order valence-electron chi connectivity index (χ0n) is 17.2. The molecule has 3 N–H and O–H groups in total. The van der Waals surface area contributed by atoms with Crippen molar-refractivity contribution in [2.24, 2.45) is 0 Å². The van der Waals surface area contributed by atoms with Crippen LogP contribution in [0.15, 0.2) is 48.5 Å². The summed E-state index contributed by atoms with van der Waals surface area (Å²) in [5.74, 6) is -0.177. The predicted molar refractivity (Wildman–Crippen MR) is 116 cm³/mol. The highest BCUT2D eigenvalue weighted by molar-refractivity contribution is 5.95. The lowest BCUT2D eigenvalue weighted by atomic mass is 10.00. The SMILES string of the molecule is O=C(NCC(O)CN1CCc2ccccc2C1)c1cccc(NN2CCOCC2)c1. The Morgan fingerprint density at radius 3 is 2.70 bits per heavy atom. The lowest BCUT2D eigenvalue weighted by molar-refractivity contribution is 0.0497. The summed E-state index contributed by atoms with van der Waals surface area (Å²) in [6, 6.07) is 15.9. The first-order valence-corrected chi connectivity index (χ1v) is 10.6. The Bertz CT molecular complexity index is 854. The van der Waals surface area contributed by atoms with Crippen LogP contribution < -0.4 is 10.7 Å². The van der Waals surface area contributed by atoms with Crippen molar-refractivity contribution in [3.8, 4) is 0 Å². The third kappa shape index (κ3) is 5.58. The second-order valence-corrected chi connectivity index (χ2v) is 7.91. The number of anilines is 1. The molecule has 2 aliphatic rings. The van der Waals surface area contributed by atoms with Crippen LogP contribution in [0, 0.1) is 0 Å². The molecule has 1 unspecified atom stereocenters. The molecule has 160 valence electrons. The summed E-state index contributed by atoms with van der Waals surface area (Å²) in [6.07, 6.45) is 0.395. The van der Waals surface area contributed by atoms with Crippen LogP contribution in [0.25, 0.3) is 0 Å². The third-order valence-electron chi connectivity index (χ3n) is 5.60. The van der Waals surface area contributed by atoms with Gasteiger partial charge in [-0.3, -0.25) is 9.69 Å². The van der Waals surface area contributed by atoms with Crippen molar-refractivity contribution in [3.63, 3.8) is 0 Å². The Labute approximate surface area is 177 Å². The summed E-state index contributed by atoms with van der Waals surface area (Å²) in [6.45, 7) is 5.58. The van der Waals surface area contributed by atoms with E-state index in [2.05, 4.69) is 44.9 Å². The molecule has 0 aliphatic carbocycles. The van der Waals surface area contributed by atoms with Gasteiger partial charge < -0.3 is 20.6 Å². The molecule has 1 fully saturated rings. The second-order valence-electron chi connectivity index (χ2n) is 7.91. The molecule has 1 saturated heterocycles. The van der Waals surface area contributed by atoms with Crippen LogP contribution in [-0.4, -0.2) is 73.0 Å². The number of fused-ring (bicyclic) bond motifs is 1. The molecule has 1 amide bonds. The number of hydrogen-bond acceptors (Lipinski definition) is 6. The first-order valence-electron chi connectivity index (χ1n) is 10.6. The minimum atomic E-state index is -0.603. The van der Waals surface area contributed by atoms with Crippen molar-refractivity contribution in [3.05, 3.63) is 65.2 Å². The number of β-amino-alcohol motifs (C(OH)–C–C–N with tert-alkyl or cyclic N) is 1. The van der Waals surface area contributed by atoms with E-state index in [0.29, 0.717) is 25.3 Å². The van der Waals surface area contributed by atoms with Gasteiger partial charge in [-0.25, -0.2) is 5.01 Å². The molecule has 1 atom stereocenters. The van der Waals surface area contributed by atoms with Gasteiger partial charge in [-0.2, -0.15) is 0 Å². The lowest BCUT2D eigenvalue weighted by Crippen LogP contribution is -2.42. The smallest absolute Gasteiger partial charge is 0.251 e. The maximum Gasteiger partial charge on any atom is 0.251 e. The molecule has 0 saturated carbocycles. The molecule has 2 aliphatic heterocycles. The molecule has 0 spiro atoms. The van der Waals surface area contributed by atoms with E-state index in [0.717, 1.165) is 38.3 Å². The fraction of sp³-hybridized carbons (Fsp3) is 0.435. The molecular weight excluding hydrogens is 380 g/mol. The molecule has 4 rings (SSSR count). The first kappa shape index (κ1) is 20.8. The molecule has 7 heteroatoms. The van der Waals surface area contributed by atoms with Crippen LogP contribution in [0.1, 0.15) is 21.5 Å². The van der Waals surface area contributed by atoms with Gasteiger partial charge in [0.05, 0.1) is 19.3 Å². The van der Waals surface area contributed by atoms with E-state index in [-0.39, 0.29) is 12.5 Å². The van der Waals surface area contributed by atoms with Crippen molar-refractivity contribution < 1.29 is 14.6 Å². The number of nitrogens with one attached hydrogen (secondary N) is 2. The zero-order valence-corrected chi connectivity index (χ0v) is 17.2. The number of carbonyl (C=O) groups excluding carboxylic acids is 1. The van der Waals surface area contributed by atoms with Gasteiger partial charge >= 0.3 is 0 Å². The van der Waals surface area contributed by atoms with Gasteiger partial charge in [0.2, 0.25) is 0 Å². The van der Waals surface area contributed by atoms with Gasteiger partial charge in [0.1, 0.15) is 0 Å². The van der Waals surface area contributed by atoms with Gasteiger partial charge in [0.25, 0.3) is 5.91 Å². The van der Waals surface area contributed by atoms with Crippen molar-refractivity contribution in [1.82, 2.24) is 15.2 Å². The van der Waals surface area contributed by atoms with E-state index in [1.54, 1.807) is 6.07 Å². The van der Waals surface area contributed by atoms with Crippen LogP contribution in [0.5, 0.6) is 0 Å². The maximum absolute atomic E-state index is 12.6. The molecule has 0 radical (unpaired) electrons. The monoisotopic (exact) mass is 410 g/mol. The summed E-state index contributed by atoms with van der Waals surface area (Å²) in [7, 11) is 0. The summed E-state index contributed by atoms with van der Waals surface area (Å²) < 4.78 is 5.35. The number of hydrazine groups is 1. The minimum Gasteiger partial charge on any atom is -0.390 e. The number of benzene rings is 2. The van der Waals surface area contributed by atoms with Gasteiger partial charge in [0, 0.05) is 50.5 Å². The highest BCUT2D eigenvalue weighted by Crippen LogP contribution is 2.18. The number of nitrogens with zero attached hydrogens (tertiary/aromatic N) is 2. The molecule has 0 bridgehead atoms. The summed E-state index contributed by atoms with van der Waals surface area (Å²) in [4.78, 5) is 14.8. The largest absolute Gasteiger partial charge is 0.390 e. The molecular formula is C23H30N4O3. The fourth-order valence-electron chi connectivity index (χ4n) is 3.97. The highest BCUT2D eigenvalue weighted by atomic mass is 16.5. The van der Waals surface area contributed by atoms with E-state index < -0.39 is 6.10 Å².